The Kier molecular flexibility index (Phi) is 4.00. The number of hydrogen-bond acceptors (Lipinski definition) is 2. The van der Waals surface area contributed by atoms with Crippen molar-refractivity contribution < 1.29 is 4.79 Å². The fourth-order valence-electron chi connectivity index (χ4n) is 2.44. The minimum Gasteiger partial charge on any atom is -0.342 e. The second-order valence-electron chi connectivity index (χ2n) is 5.58. The van der Waals surface area contributed by atoms with E-state index in [4.69, 9.17) is 0 Å². The predicted octanol–water partition coefficient (Wildman–Crippen LogP) is 2.69. The van der Waals surface area contributed by atoms with E-state index >= 15 is 0 Å². The van der Waals surface area contributed by atoms with Crippen LogP contribution in [0.1, 0.15) is 38.7 Å². The van der Waals surface area contributed by atoms with Crippen LogP contribution < -0.4 is 0 Å². The molecule has 98 valence electrons. The molecule has 2 atom stereocenters. The molecule has 3 heteroatoms. The second-order valence-corrected chi connectivity index (χ2v) is 5.58. The zero-order valence-electron chi connectivity index (χ0n) is 11.5. The van der Waals surface area contributed by atoms with Gasteiger partial charge in [-0.3, -0.25) is 9.78 Å². The SMILES string of the molecule is CC(C)C(C)C(=O)N1CCC(c2ccncc2)C1. The summed E-state index contributed by atoms with van der Waals surface area (Å²) in [6.07, 6.45) is 4.73. The molecule has 1 amide bonds. The molecule has 0 bridgehead atoms. The normalized spacial score (nSPS) is 21.3. The molecule has 1 aromatic heterocycles. The van der Waals surface area contributed by atoms with E-state index in [1.165, 1.54) is 5.56 Å². The Bertz CT molecular complexity index is 402. The first-order chi connectivity index (χ1) is 8.59. The number of carbonyl (C=O) groups excluding carboxylic acids is 1. The van der Waals surface area contributed by atoms with Gasteiger partial charge in [-0.05, 0) is 30.0 Å². The molecule has 0 radical (unpaired) electrons. The van der Waals surface area contributed by atoms with Crippen LogP contribution >= 0.6 is 0 Å². The summed E-state index contributed by atoms with van der Waals surface area (Å²) in [5.74, 6) is 1.33. The van der Waals surface area contributed by atoms with Gasteiger partial charge in [-0.25, -0.2) is 0 Å². The lowest BCUT2D eigenvalue weighted by molar-refractivity contribution is -0.135. The Labute approximate surface area is 109 Å². The quantitative estimate of drug-likeness (QED) is 0.821. The molecule has 3 nitrogen and oxygen atoms in total. The highest BCUT2D eigenvalue weighted by Crippen LogP contribution is 2.28. The summed E-state index contributed by atoms with van der Waals surface area (Å²) < 4.78 is 0. The van der Waals surface area contributed by atoms with E-state index in [2.05, 4.69) is 31.0 Å². The van der Waals surface area contributed by atoms with Crippen molar-refractivity contribution >= 4 is 5.91 Å². The zero-order chi connectivity index (χ0) is 13.1. The number of nitrogens with zero attached hydrogens (tertiary/aromatic N) is 2. The van der Waals surface area contributed by atoms with Crippen LogP contribution in [0.4, 0.5) is 0 Å². The van der Waals surface area contributed by atoms with Crippen LogP contribution in [0, 0.1) is 11.8 Å². The maximum Gasteiger partial charge on any atom is 0.225 e. The van der Waals surface area contributed by atoms with Crippen LogP contribution in [-0.4, -0.2) is 28.9 Å². The van der Waals surface area contributed by atoms with Crippen LogP contribution in [0.2, 0.25) is 0 Å². The lowest BCUT2D eigenvalue weighted by atomic mass is 9.96. The average Bonchev–Trinajstić information content (AvgIpc) is 2.87. The van der Waals surface area contributed by atoms with Gasteiger partial charge in [0.1, 0.15) is 0 Å². The third-order valence-electron chi connectivity index (χ3n) is 4.07. The summed E-state index contributed by atoms with van der Waals surface area (Å²) in [6.45, 7) is 8.01. The first-order valence-electron chi connectivity index (χ1n) is 6.78. The lowest BCUT2D eigenvalue weighted by Gasteiger charge is -2.23. The molecular weight excluding hydrogens is 224 g/mol. The lowest BCUT2D eigenvalue weighted by Crippen LogP contribution is -2.35. The van der Waals surface area contributed by atoms with Gasteiger partial charge in [-0.1, -0.05) is 20.8 Å². The van der Waals surface area contributed by atoms with Gasteiger partial charge < -0.3 is 4.90 Å². The maximum atomic E-state index is 12.3. The molecule has 0 aliphatic carbocycles. The van der Waals surface area contributed by atoms with Crippen molar-refractivity contribution in [2.75, 3.05) is 13.1 Å². The highest BCUT2D eigenvalue weighted by atomic mass is 16.2. The first kappa shape index (κ1) is 13.1. The maximum absolute atomic E-state index is 12.3. The number of amides is 1. The van der Waals surface area contributed by atoms with Gasteiger partial charge in [0, 0.05) is 37.3 Å². The fourth-order valence-corrected chi connectivity index (χ4v) is 2.44. The third-order valence-corrected chi connectivity index (χ3v) is 4.07. The third kappa shape index (κ3) is 2.71. The van der Waals surface area contributed by atoms with Crippen LogP contribution in [0.25, 0.3) is 0 Å². The predicted molar refractivity (Wildman–Crippen MR) is 72.2 cm³/mol. The molecule has 0 saturated carbocycles. The summed E-state index contributed by atoms with van der Waals surface area (Å²) in [5.41, 5.74) is 1.30. The van der Waals surface area contributed by atoms with E-state index in [1.54, 1.807) is 0 Å². The molecule has 1 aliphatic heterocycles. The topological polar surface area (TPSA) is 33.2 Å². The molecule has 1 saturated heterocycles. The molecule has 0 aromatic carbocycles. The van der Waals surface area contributed by atoms with Gasteiger partial charge in [0.25, 0.3) is 0 Å². The summed E-state index contributed by atoms with van der Waals surface area (Å²) in [6, 6.07) is 4.12. The number of pyridine rings is 1. The van der Waals surface area contributed by atoms with Crippen LogP contribution in [-0.2, 0) is 4.79 Å². The van der Waals surface area contributed by atoms with E-state index in [0.717, 1.165) is 19.5 Å². The van der Waals surface area contributed by atoms with Crippen molar-refractivity contribution in [3.8, 4) is 0 Å². The van der Waals surface area contributed by atoms with Gasteiger partial charge >= 0.3 is 0 Å². The number of likely N-dealkylation sites (tertiary alicyclic amines) is 1. The monoisotopic (exact) mass is 246 g/mol. The zero-order valence-corrected chi connectivity index (χ0v) is 11.5. The van der Waals surface area contributed by atoms with E-state index < -0.39 is 0 Å². The fraction of sp³-hybridized carbons (Fsp3) is 0.600. The molecule has 1 aromatic rings. The Hall–Kier alpha value is -1.38. The van der Waals surface area contributed by atoms with E-state index in [1.807, 2.05) is 24.2 Å². The summed E-state index contributed by atoms with van der Waals surface area (Å²) in [5, 5.41) is 0. The largest absolute Gasteiger partial charge is 0.342 e. The van der Waals surface area contributed by atoms with E-state index in [0.29, 0.717) is 17.7 Å². The van der Waals surface area contributed by atoms with Gasteiger partial charge in [0.2, 0.25) is 5.91 Å². The number of rotatable bonds is 3. The van der Waals surface area contributed by atoms with Crippen molar-refractivity contribution in [2.24, 2.45) is 11.8 Å². The summed E-state index contributed by atoms with van der Waals surface area (Å²) >= 11 is 0. The van der Waals surface area contributed by atoms with Crippen molar-refractivity contribution in [3.63, 3.8) is 0 Å². The van der Waals surface area contributed by atoms with Crippen LogP contribution in [0.5, 0.6) is 0 Å². The standard InChI is InChI=1S/C15H22N2O/c1-11(2)12(3)15(18)17-9-6-14(10-17)13-4-7-16-8-5-13/h4-5,7-8,11-12,14H,6,9-10H2,1-3H3. The number of aromatic nitrogens is 1. The highest BCUT2D eigenvalue weighted by molar-refractivity contribution is 5.79. The van der Waals surface area contributed by atoms with Gasteiger partial charge in [0.15, 0.2) is 0 Å². The van der Waals surface area contributed by atoms with E-state index in [-0.39, 0.29) is 5.92 Å². The molecule has 1 fully saturated rings. The molecule has 18 heavy (non-hydrogen) atoms. The first-order valence-corrected chi connectivity index (χ1v) is 6.78. The molecule has 0 spiro atoms. The Morgan fingerprint density at radius 3 is 2.61 bits per heavy atom. The summed E-state index contributed by atoms with van der Waals surface area (Å²) in [4.78, 5) is 18.3. The molecule has 2 heterocycles. The summed E-state index contributed by atoms with van der Waals surface area (Å²) in [7, 11) is 0. The van der Waals surface area contributed by atoms with Gasteiger partial charge in [-0.2, -0.15) is 0 Å². The van der Waals surface area contributed by atoms with Gasteiger partial charge in [0.05, 0.1) is 0 Å². The number of hydrogen-bond donors (Lipinski definition) is 0. The van der Waals surface area contributed by atoms with Crippen LogP contribution in [0.3, 0.4) is 0 Å². The highest BCUT2D eigenvalue weighted by Gasteiger charge is 2.30. The van der Waals surface area contributed by atoms with Crippen molar-refractivity contribution in [1.82, 2.24) is 9.88 Å². The molecule has 1 aliphatic rings. The molecular formula is C15H22N2O. The van der Waals surface area contributed by atoms with Gasteiger partial charge in [-0.15, -0.1) is 0 Å². The van der Waals surface area contributed by atoms with Crippen molar-refractivity contribution in [3.05, 3.63) is 30.1 Å². The minimum absolute atomic E-state index is 0.126. The minimum atomic E-state index is 0.126. The Balaban J connectivity index is 1.99. The van der Waals surface area contributed by atoms with Crippen LogP contribution in [0.15, 0.2) is 24.5 Å². The van der Waals surface area contributed by atoms with E-state index in [9.17, 15) is 4.79 Å². The Morgan fingerprint density at radius 1 is 1.33 bits per heavy atom. The Morgan fingerprint density at radius 2 is 2.00 bits per heavy atom. The molecule has 2 unspecified atom stereocenters. The second kappa shape index (κ2) is 5.51. The van der Waals surface area contributed by atoms with Crippen molar-refractivity contribution in [1.29, 1.82) is 0 Å². The number of carbonyl (C=O) groups is 1. The smallest absolute Gasteiger partial charge is 0.225 e. The molecule has 0 N–H and O–H groups in total. The van der Waals surface area contributed by atoms with Crippen molar-refractivity contribution in [2.45, 2.75) is 33.1 Å². The molecule has 2 rings (SSSR count). The average molecular weight is 246 g/mol.